The average molecular weight is 605 g/mol. The van der Waals surface area contributed by atoms with Crippen LogP contribution in [0.5, 0.6) is 0 Å². The predicted octanol–water partition coefficient (Wildman–Crippen LogP) is 4.27. The van der Waals surface area contributed by atoms with Gasteiger partial charge in [-0.2, -0.15) is 0 Å². The number of nitrogens with zero attached hydrogens (tertiary/aromatic N) is 4. The zero-order valence-electron chi connectivity index (χ0n) is 28.1. The molecule has 1 fully saturated rings. The third-order valence-electron chi connectivity index (χ3n) is 6.54. The minimum absolute atomic E-state index is 0.0154. The van der Waals surface area contributed by atoms with E-state index in [4.69, 9.17) is 14.2 Å². The molecule has 0 bridgehead atoms. The van der Waals surface area contributed by atoms with Crippen LogP contribution in [0.1, 0.15) is 67.9 Å². The molecule has 0 aromatic heterocycles. The molecule has 1 aliphatic rings. The molecule has 0 radical (unpaired) electrons. The van der Waals surface area contributed by atoms with Crippen LogP contribution in [0.2, 0.25) is 0 Å². The maximum absolute atomic E-state index is 13.1. The molecular formula is C33H56N4O6. The Morgan fingerprint density at radius 2 is 1.21 bits per heavy atom. The first-order valence-electron chi connectivity index (χ1n) is 15.4. The third-order valence-corrected chi connectivity index (χ3v) is 6.54. The molecule has 43 heavy (non-hydrogen) atoms. The van der Waals surface area contributed by atoms with Crippen LogP contribution < -0.4 is 0 Å². The van der Waals surface area contributed by atoms with Crippen molar-refractivity contribution < 1.29 is 28.6 Å². The molecule has 10 heteroatoms. The van der Waals surface area contributed by atoms with Crippen molar-refractivity contribution >= 4 is 18.0 Å². The fraction of sp³-hybridized carbons (Fsp3) is 0.727. The lowest BCUT2D eigenvalue weighted by atomic mass is 9.96. The molecule has 1 heterocycles. The van der Waals surface area contributed by atoms with Gasteiger partial charge in [-0.3, -0.25) is 24.3 Å². The Morgan fingerprint density at radius 1 is 0.721 bits per heavy atom. The van der Waals surface area contributed by atoms with Crippen molar-refractivity contribution in [2.75, 3.05) is 72.0 Å². The van der Waals surface area contributed by atoms with Crippen LogP contribution in [0.25, 0.3) is 0 Å². The van der Waals surface area contributed by atoms with Gasteiger partial charge in [0.2, 0.25) is 0 Å². The summed E-state index contributed by atoms with van der Waals surface area (Å²) < 4.78 is 16.8. The van der Waals surface area contributed by atoms with Gasteiger partial charge >= 0.3 is 18.0 Å². The van der Waals surface area contributed by atoms with Gasteiger partial charge in [-0.1, -0.05) is 51.1 Å². The monoisotopic (exact) mass is 604 g/mol. The van der Waals surface area contributed by atoms with E-state index < -0.39 is 11.2 Å². The van der Waals surface area contributed by atoms with Crippen molar-refractivity contribution in [3.8, 4) is 0 Å². The lowest BCUT2D eigenvalue weighted by molar-refractivity contribution is -0.159. The van der Waals surface area contributed by atoms with E-state index in [1.807, 2.05) is 71.9 Å². The van der Waals surface area contributed by atoms with E-state index in [0.29, 0.717) is 32.7 Å². The second-order valence-electron chi connectivity index (χ2n) is 14.6. The second kappa shape index (κ2) is 16.4. The lowest BCUT2D eigenvalue weighted by Gasteiger charge is -2.32. The first-order chi connectivity index (χ1) is 19.9. The number of ether oxygens (including phenoxy) is 3. The summed E-state index contributed by atoms with van der Waals surface area (Å²) in [5.41, 5.74) is -0.184. The molecule has 1 amide bonds. The van der Waals surface area contributed by atoms with Gasteiger partial charge in [0.1, 0.15) is 17.8 Å². The molecule has 1 aromatic rings. The topological polar surface area (TPSA) is 91.9 Å². The highest BCUT2D eigenvalue weighted by molar-refractivity contribution is 5.75. The fourth-order valence-corrected chi connectivity index (χ4v) is 4.80. The first-order valence-corrected chi connectivity index (χ1v) is 15.4. The zero-order chi connectivity index (χ0) is 32.3. The second-order valence-corrected chi connectivity index (χ2v) is 14.6. The van der Waals surface area contributed by atoms with E-state index in [9.17, 15) is 14.4 Å². The van der Waals surface area contributed by atoms with Gasteiger partial charge in [0.15, 0.2) is 0 Å². The van der Waals surface area contributed by atoms with E-state index in [2.05, 4.69) is 30.6 Å². The van der Waals surface area contributed by atoms with Gasteiger partial charge in [0.25, 0.3) is 0 Å². The number of rotatable bonds is 10. The SMILES string of the molecule is CC(C)(C)CN1CCN(CCN(CC(=O)OC(C)(C)C)CC(=O)OC(C)(C)C)CCN(C(=O)OCc2ccccc2)CC1. The summed E-state index contributed by atoms with van der Waals surface area (Å²) in [4.78, 5) is 46.8. The molecule has 10 nitrogen and oxygen atoms in total. The molecule has 1 aromatic carbocycles. The van der Waals surface area contributed by atoms with Gasteiger partial charge < -0.3 is 19.1 Å². The molecule has 0 unspecified atom stereocenters. The molecular weight excluding hydrogens is 548 g/mol. The van der Waals surface area contributed by atoms with Crippen LogP contribution in [-0.2, 0) is 30.4 Å². The Hall–Kier alpha value is -2.69. The fourth-order valence-electron chi connectivity index (χ4n) is 4.80. The van der Waals surface area contributed by atoms with Crippen molar-refractivity contribution in [2.24, 2.45) is 5.41 Å². The Bertz CT molecular complexity index is 983. The molecule has 1 aliphatic heterocycles. The smallest absolute Gasteiger partial charge is 0.410 e. The van der Waals surface area contributed by atoms with Crippen molar-refractivity contribution in [3.63, 3.8) is 0 Å². The highest BCUT2D eigenvalue weighted by Crippen LogP contribution is 2.16. The van der Waals surface area contributed by atoms with E-state index >= 15 is 0 Å². The van der Waals surface area contributed by atoms with Crippen molar-refractivity contribution in [3.05, 3.63) is 35.9 Å². The molecule has 0 spiro atoms. The molecule has 0 N–H and O–H groups in total. The summed E-state index contributed by atoms with van der Waals surface area (Å²) in [5, 5.41) is 0. The third kappa shape index (κ3) is 16.7. The van der Waals surface area contributed by atoms with Crippen molar-refractivity contribution in [2.45, 2.75) is 80.1 Å². The van der Waals surface area contributed by atoms with Gasteiger partial charge in [-0.05, 0) is 52.5 Å². The Kier molecular flexibility index (Phi) is 13.9. The number of hydrogen-bond donors (Lipinski definition) is 0. The molecule has 244 valence electrons. The normalized spacial score (nSPS) is 16.3. The van der Waals surface area contributed by atoms with Gasteiger partial charge in [-0.15, -0.1) is 0 Å². The van der Waals surface area contributed by atoms with Crippen LogP contribution in [-0.4, -0.2) is 121 Å². The number of hydrogen-bond acceptors (Lipinski definition) is 9. The molecule has 1 saturated heterocycles. The molecule has 0 saturated carbocycles. The van der Waals surface area contributed by atoms with Gasteiger partial charge in [0, 0.05) is 58.9 Å². The Morgan fingerprint density at radius 3 is 1.72 bits per heavy atom. The lowest BCUT2D eigenvalue weighted by Crippen LogP contribution is -2.45. The van der Waals surface area contributed by atoms with Crippen LogP contribution in [0.15, 0.2) is 30.3 Å². The van der Waals surface area contributed by atoms with Crippen molar-refractivity contribution in [1.29, 1.82) is 0 Å². The number of esters is 2. The van der Waals surface area contributed by atoms with Crippen LogP contribution in [0.3, 0.4) is 0 Å². The number of carbonyl (C=O) groups excluding carboxylic acids is 3. The standard InChI is InChI=1S/C33H56N4O6/c1-31(2,3)26-35-17-15-34(19-21-37(22-20-35)30(40)41-25-27-13-11-10-12-14-27)16-18-36(23-28(38)42-32(4,5)6)24-29(39)43-33(7,8)9/h10-14H,15-26H2,1-9H3. The van der Waals surface area contributed by atoms with Crippen LogP contribution >= 0.6 is 0 Å². The molecule has 0 atom stereocenters. The molecule has 2 rings (SSSR count). The number of carbonyl (C=O) groups is 3. The van der Waals surface area contributed by atoms with Crippen LogP contribution in [0, 0.1) is 5.41 Å². The largest absolute Gasteiger partial charge is 0.459 e. The van der Waals surface area contributed by atoms with Crippen molar-refractivity contribution in [1.82, 2.24) is 19.6 Å². The highest BCUT2D eigenvalue weighted by atomic mass is 16.6. The van der Waals surface area contributed by atoms with E-state index in [1.54, 1.807) is 9.80 Å². The summed E-state index contributed by atoms with van der Waals surface area (Å²) in [6, 6.07) is 9.69. The summed E-state index contributed by atoms with van der Waals surface area (Å²) in [6.45, 7) is 24.0. The van der Waals surface area contributed by atoms with E-state index in [-0.39, 0.29) is 43.1 Å². The number of amides is 1. The van der Waals surface area contributed by atoms with Crippen LogP contribution in [0.4, 0.5) is 4.79 Å². The quantitative estimate of drug-likeness (QED) is 0.287. The highest BCUT2D eigenvalue weighted by Gasteiger charge is 2.26. The van der Waals surface area contributed by atoms with Gasteiger partial charge in [0.05, 0.1) is 13.1 Å². The number of benzene rings is 1. The summed E-state index contributed by atoms with van der Waals surface area (Å²) in [6.07, 6.45) is -0.321. The Labute approximate surface area is 259 Å². The summed E-state index contributed by atoms with van der Waals surface area (Å²) in [5.74, 6) is -0.770. The average Bonchev–Trinajstić information content (AvgIpc) is 2.94. The first kappa shape index (κ1) is 36.5. The van der Waals surface area contributed by atoms with Gasteiger partial charge in [-0.25, -0.2) is 4.79 Å². The zero-order valence-corrected chi connectivity index (χ0v) is 28.1. The minimum Gasteiger partial charge on any atom is -0.459 e. The van der Waals surface area contributed by atoms with E-state index in [1.165, 1.54) is 0 Å². The van der Waals surface area contributed by atoms with E-state index in [0.717, 1.165) is 31.7 Å². The summed E-state index contributed by atoms with van der Waals surface area (Å²) >= 11 is 0. The minimum atomic E-state index is -0.620. The maximum Gasteiger partial charge on any atom is 0.410 e. The maximum atomic E-state index is 13.1. The molecule has 0 aliphatic carbocycles. The predicted molar refractivity (Wildman–Crippen MR) is 169 cm³/mol. The Balaban J connectivity index is 2.12. The summed E-state index contributed by atoms with van der Waals surface area (Å²) in [7, 11) is 0.